The maximum Gasteiger partial charge on any atom is 0.257 e. The predicted molar refractivity (Wildman–Crippen MR) is 91.6 cm³/mol. The number of nitrogens with one attached hydrogen (secondary N) is 1. The number of morpholine rings is 1. The van der Waals surface area contributed by atoms with Crippen molar-refractivity contribution in [2.75, 3.05) is 32.9 Å². The van der Waals surface area contributed by atoms with Gasteiger partial charge in [-0.1, -0.05) is 6.07 Å². The fraction of sp³-hybridized carbons (Fsp3) is 0.389. The minimum Gasteiger partial charge on any atom is -0.486 e. The number of hydrogen-bond acceptors (Lipinski definition) is 6. The highest BCUT2D eigenvalue weighted by atomic mass is 16.6. The normalized spacial score (nSPS) is 19.3. The van der Waals surface area contributed by atoms with Crippen molar-refractivity contribution in [2.45, 2.75) is 13.0 Å². The van der Waals surface area contributed by atoms with E-state index in [2.05, 4.69) is 9.97 Å². The Morgan fingerprint density at radius 2 is 2.12 bits per heavy atom. The van der Waals surface area contributed by atoms with Crippen LogP contribution in [-0.4, -0.2) is 53.7 Å². The fourth-order valence-corrected chi connectivity index (χ4v) is 3.17. The largest absolute Gasteiger partial charge is 0.486 e. The lowest BCUT2D eigenvalue weighted by molar-refractivity contribution is -0.0271. The minimum absolute atomic E-state index is 0.157. The van der Waals surface area contributed by atoms with Crippen LogP contribution in [0.25, 0.3) is 0 Å². The van der Waals surface area contributed by atoms with E-state index in [-0.39, 0.29) is 11.5 Å². The number of aromatic nitrogens is 2. The molecule has 1 atom stereocenters. The van der Waals surface area contributed by atoms with Gasteiger partial charge in [0.2, 0.25) is 0 Å². The van der Waals surface area contributed by atoms with Crippen LogP contribution in [0.1, 0.15) is 28.0 Å². The van der Waals surface area contributed by atoms with Gasteiger partial charge in [0.1, 0.15) is 25.1 Å². The van der Waals surface area contributed by atoms with Gasteiger partial charge in [-0.15, -0.1) is 0 Å². The number of para-hydroxylation sites is 1. The molecule has 8 nitrogen and oxygen atoms in total. The molecule has 136 valence electrons. The number of nitrogens with zero attached hydrogens (tertiary/aromatic N) is 2. The molecule has 4 rings (SSSR count). The Labute approximate surface area is 149 Å². The first kappa shape index (κ1) is 16.6. The molecular weight excluding hydrogens is 338 g/mol. The van der Waals surface area contributed by atoms with Crippen molar-refractivity contribution in [3.63, 3.8) is 0 Å². The molecule has 3 heterocycles. The van der Waals surface area contributed by atoms with Crippen molar-refractivity contribution < 1.29 is 19.0 Å². The monoisotopic (exact) mass is 357 g/mol. The second-order valence-electron chi connectivity index (χ2n) is 6.21. The van der Waals surface area contributed by atoms with Crippen molar-refractivity contribution in [1.82, 2.24) is 14.9 Å². The van der Waals surface area contributed by atoms with E-state index in [1.165, 1.54) is 6.07 Å². The van der Waals surface area contributed by atoms with E-state index in [9.17, 15) is 9.59 Å². The Morgan fingerprint density at radius 3 is 2.96 bits per heavy atom. The molecule has 1 unspecified atom stereocenters. The quantitative estimate of drug-likeness (QED) is 0.864. The molecule has 0 bridgehead atoms. The molecular formula is C18H19N3O5. The SMILES string of the molecule is Cc1cc(=O)[nH]c(C2CN(C(=O)c3cccc4c3OCCO4)CCO2)n1. The van der Waals surface area contributed by atoms with Gasteiger partial charge in [-0.3, -0.25) is 9.59 Å². The number of rotatable bonds is 2. The third-order valence-corrected chi connectivity index (χ3v) is 4.34. The van der Waals surface area contributed by atoms with Crippen LogP contribution in [0.5, 0.6) is 11.5 Å². The van der Waals surface area contributed by atoms with Crippen molar-refractivity contribution in [2.24, 2.45) is 0 Å². The van der Waals surface area contributed by atoms with Crippen LogP contribution in [0.3, 0.4) is 0 Å². The summed E-state index contributed by atoms with van der Waals surface area (Å²) in [7, 11) is 0. The van der Waals surface area contributed by atoms with Crippen LogP contribution in [0.15, 0.2) is 29.1 Å². The van der Waals surface area contributed by atoms with Gasteiger partial charge in [0.15, 0.2) is 11.5 Å². The second-order valence-corrected chi connectivity index (χ2v) is 6.21. The third-order valence-electron chi connectivity index (χ3n) is 4.34. The Kier molecular flexibility index (Phi) is 4.34. The minimum atomic E-state index is -0.475. The summed E-state index contributed by atoms with van der Waals surface area (Å²) in [5.41, 5.74) is 0.842. The van der Waals surface area contributed by atoms with E-state index in [1.54, 1.807) is 30.0 Å². The Morgan fingerprint density at radius 1 is 1.27 bits per heavy atom. The maximum absolute atomic E-state index is 13.0. The summed E-state index contributed by atoms with van der Waals surface area (Å²) in [6.07, 6.45) is -0.475. The van der Waals surface area contributed by atoms with Crippen LogP contribution < -0.4 is 15.0 Å². The lowest BCUT2D eigenvalue weighted by atomic mass is 10.1. The number of fused-ring (bicyclic) bond motifs is 1. The molecule has 0 saturated carbocycles. The van der Waals surface area contributed by atoms with Gasteiger partial charge < -0.3 is 24.1 Å². The Balaban J connectivity index is 1.58. The highest BCUT2D eigenvalue weighted by Crippen LogP contribution is 2.34. The molecule has 2 aliphatic rings. The number of aryl methyl sites for hydroxylation is 1. The molecule has 1 N–H and O–H groups in total. The molecule has 2 aromatic rings. The third kappa shape index (κ3) is 3.15. The van der Waals surface area contributed by atoms with Crippen LogP contribution in [-0.2, 0) is 4.74 Å². The van der Waals surface area contributed by atoms with Crippen LogP contribution in [0, 0.1) is 6.92 Å². The van der Waals surface area contributed by atoms with Gasteiger partial charge in [-0.25, -0.2) is 4.98 Å². The number of carbonyl (C=O) groups excluding carboxylic acids is 1. The average molecular weight is 357 g/mol. The number of H-pyrrole nitrogens is 1. The number of amides is 1. The summed E-state index contributed by atoms with van der Waals surface area (Å²) in [5.74, 6) is 1.34. The van der Waals surface area contributed by atoms with E-state index in [1.807, 2.05) is 0 Å². The molecule has 1 amide bonds. The Hall–Kier alpha value is -2.87. The first-order valence-electron chi connectivity index (χ1n) is 8.49. The predicted octanol–water partition coefficient (Wildman–Crippen LogP) is 1.06. The molecule has 0 spiro atoms. The zero-order chi connectivity index (χ0) is 18.1. The van der Waals surface area contributed by atoms with Gasteiger partial charge in [-0.05, 0) is 19.1 Å². The summed E-state index contributed by atoms with van der Waals surface area (Å²) < 4.78 is 16.9. The molecule has 26 heavy (non-hydrogen) atoms. The van der Waals surface area contributed by atoms with Gasteiger partial charge >= 0.3 is 0 Å². The highest BCUT2D eigenvalue weighted by Gasteiger charge is 2.30. The molecule has 0 radical (unpaired) electrons. The molecule has 8 heteroatoms. The smallest absolute Gasteiger partial charge is 0.257 e. The molecule has 1 saturated heterocycles. The van der Waals surface area contributed by atoms with Gasteiger partial charge in [0.05, 0.1) is 18.7 Å². The molecule has 1 aromatic heterocycles. The molecule has 1 aromatic carbocycles. The van der Waals surface area contributed by atoms with Gasteiger partial charge in [0, 0.05) is 18.3 Å². The summed E-state index contributed by atoms with van der Waals surface area (Å²) in [5, 5.41) is 0. The van der Waals surface area contributed by atoms with E-state index in [4.69, 9.17) is 14.2 Å². The lowest BCUT2D eigenvalue weighted by Gasteiger charge is -2.33. The highest BCUT2D eigenvalue weighted by molar-refractivity contribution is 5.98. The van der Waals surface area contributed by atoms with E-state index < -0.39 is 6.10 Å². The fourth-order valence-electron chi connectivity index (χ4n) is 3.17. The van der Waals surface area contributed by atoms with E-state index >= 15 is 0 Å². The van der Waals surface area contributed by atoms with E-state index in [0.29, 0.717) is 61.5 Å². The zero-order valence-electron chi connectivity index (χ0n) is 14.4. The summed E-state index contributed by atoms with van der Waals surface area (Å²) in [4.78, 5) is 33.4. The number of carbonyl (C=O) groups is 1. The van der Waals surface area contributed by atoms with Crippen molar-refractivity contribution in [3.05, 3.63) is 51.7 Å². The lowest BCUT2D eigenvalue weighted by Crippen LogP contribution is -2.43. The number of benzene rings is 1. The summed E-state index contributed by atoms with van der Waals surface area (Å²) >= 11 is 0. The second kappa shape index (κ2) is 6.80. The summed E-state index contributed by atoms with van der Waals surface area (Å²) in [6, 6.07) is 6.71. The molecule has 1 fully saturated rings. The first-order chi connectivity index (χ1) is 12.6. The number of hydrogen-bond donors (Lipinski definition) is 1. The maximum atomic E-state index is 13.0. The molecule has 0 aliphatic carbocycles. The van der Waals surface area contributed by atoms with E-state index in [0.717, 1.165) is 0 Å². The van der Waals surface area contributed by atoms with Crippen LogP contribution in [0.4, 0.5) is 0 Å². The van der Waals surface area contributed by atoms with Crippen molar-refractivity contribution >= 4 is 5.91 Å². The number of ether oxygens (including phenoxy) is 3. The Bertz CT molecular complexity index is 895. The average Bonchev–Trinajstić information content (AvgIpc) is 2.66. The van der Waals surface area contributed by atoms with Crippen LogP contribution >= 0.6 is 0 Å². The topological polar surface area (TPSA) is 93.8 Å². The van der Waals surface area contributed by atoms with Crippen LogP contribution in [0.2, 0.25) is 0 Å². The molecule has 2 aliphatic heterocycles. The first-order valence-corrected chi connectivity index (χ1v) is 8.49. The van der Waals surface area contributed by atoms with Crippen molar-refractivity contribution in [3.8, 4) is 11.5 Å². The van der Waals surface area contributed by atoms with Gasteiger partial charge in [-0.2, -0.15) is 0 Å². The van der Waals surface area contributed by atoms with Gasteiger partial charge in [0.25, 0.3) is 11.5 Å². The zero-order valence-corrected chi connectivity index (χ0v) is 14.4. The standard InChI is InChI=1S/C18H19N3O5/c1-11-9-15(22)20-17(19-11)14-10-21(5-6-24-14)18(23)12-3-2-4-13-16(12)26-8-7-25-13/h2-4,9,14H,5-8,10H2,1H3,(H,19,20,22). The van der Waals surface area contributed by atoms with Crippen molar-refractivity contribution in [1.29, 1.82) is 0 Å². The summed E-state index contributed by atoms with van der Waals surface area (Å²) in [6.45, 7) is 3.75. The number of aromatic amines is 1.